The van der Waals surface area contributed by atoms with E-state index < -0.39 is 5.97 Å². The molecular weight excluding hydrogens is 412 g/mol. The van der Waals surface area contributed by atoms with Gasteiger partial charge in [0.1, 0.15) is 10.8 Å². The van der Waals surface area contributed by atoms with Crippen molar-refractivity contribution in [3.63, 3.8) is 0 Å². The minimum Gasteiger partial charge on any atom is -0.469 e. The number of nitrogens with one attached hydrogen (secondary N) is 1. The monoisotopic (exact) mass is 434 g/mol. The lowest BCUT2D eigenvalue weighted by Crippen LogP contribution is -2.16. The third kappa shape index (κ3) is 4.54. The summed E-state index contributed by atoms with van der Waals surface area (Å²) >= 11 is 2.62. The van der Waals surface area contributed by atoms with Crippen LogP contribution in [0.15, 0.2) is 28.0 Å². The van der Waals surface area contributed by atoms with Gasteiger partial charge in [0.15, 0.2) is 11.0 Å². The first kappa shape index (κ1) is 21.1. The molecule has 1 amide bonds. The molecule has 0 atom stereocenters. The molecule has 8 nitrogen and oxygen atoms in total. The van der Waals surface area contributed by atoms with Gasteiger partial charge in [-0.15, -0.1) is 21.5 Å². The first-order valence-corrected chi connectivity index (χ1v) is 10.7. The van der Waals surface area contributed by atoms with Gasteiger partial charge in [0, 0.05) is 10.9 Å². The van der Waals surface area contributed by atoms with Gasteiger partial charge in [-0.25, -0.2) is 4.79 Å². The third-order valence-corrected chi connectivity index (χ3v) is 6.04. The molecule has 3 aromatic rings. The Labute approximate surface area is 176 Å². The number of anilines is 1. The summed E-state index contributed by atoms with van der Waals surface area (Å²) in [7, 11) is 1.31. The summed E-state index contributed by atoms with van der Waals surface area (Å²) in [4.78, 5) is 25.3. The molecular formula is C19H22N4O4S2. The van der Waals surface area contributed by atoms with Crippen LogP contribution in [0.4, 0.5) is 5.00 Å². The van der Waals surface area contributed by atoms with E-state index in [1.54, 1.807) is 12.3 Å². The van der Waals surface area contributed by atoms with Crippen molar-refractivity contribution in [1.29, 1.82) is 0 Å². The van der Waals surface area contributed by atoms with E-state index in [4.69, 9.17) is 9.15 Å². The number of aryl methyl sites for hydroxylation is 2. The van der Waals surface area contributed by atoms with Crippen molar-refractivity contribution in [2.75, 3.05) is 18.2 Å². The fourth-order valence-electron chi connectivity index (χ4n) is 2.80. The molecule has 0 radical (unpaired) electrons. The third-order valence-electron chi connectivity index (χ3n) is 4.13. The normalized spacial score (nSPS) is 11.1. The number of thiophene rings is 1. The highest BCUT2D eigenvalue weighted by atomic mass is 32.2. The molecule has 0 fully saturated rings. The van der Waals surface area contributed by atoms with E-state index in [0.717, 1.165) is 16.2 Å². The first-order chi connectivity index (χ1) is 13.8. The van der Waals surface area contributed by atoms with E-state index in [0.29, 0.717) is 21.5 Å². The molecule has 1 N–H and O–H groups in total. The molecule has 154 valence electrons. The number of carbonyl (C=O) groups excluding carboxylic acids is 2. The van der Waals surface area contributed by atoms with Crippen LogP contribution in [0.3, 0.4) is 0 Å². The molecule has 0 bridgehead atoms. The van der Waals surface area contributed by atoms with Gasteiger partial charge in [0.05, 0.1) is 30.3 Å². The molecule has 3 rings (SSSR count). The van der Waals surface area contributed by atoms with E-state index in [1.165, 1.54) is 30.2 Å². The fourth-order valence-corrected chi connectivity index (χ4v) is 4.59. The number of aromatic nitrogens is 3. The van der Waals surface area contributed by atoms with Crippen LogP contribution in [0.5, 0.6) is 0 Å². The van der Waals surface area contributed by atoms with Crippen molar-refractivity contribution >= 4 is 40.0 Å². The van der Waals surface area contributed by atoms with Gasteiger partial charge < -0.3 is 14.5 Å². The Morgan fingerprint density at radius 2 is 2.10 bits per heavy atom. The summed E-state index contributed by atoms with van der Waals surface area (Å²) < 4.78 is 12.1. The van der Waals surface area contributed by atoms with Crippen LogP contribution in [0.2, 0.25) is 0 Å². The summed E-state index contributed by atoms with van der Waals surface area (Å²) in [6, 6.07) is 3.66. The fraction of sp³-hybridized carbons (Fsp3) is 0.368. The summed E-state index contributed by atoms with van der Waals surface area (Å²) in [6.45, 7) is 7.80. The standard InChI is InChI=1S/C19H22N4O4S2/c1-10(2)23-16(13-6-7-27-12(13)4)21-22-19(23)28-9-15(24)20-17-14(18(25)26-5)8-11(3)29-17/h6-8,10H,9H2,1-5H3,(H,20,24). The average molecular weight is 435 g/mol. The van der Waals surface area contributed by atoms with Crippen molar-refractivity contribution in [3.8, 4) is 11.4 Å². The van der Waals surface area contributed by atoms with Crippen LogP contribution < -0.4 is 5.32 Å². The summed E-state index contributed by atoms with van der Waals surface area (Å²) in [5.41, 5.74) is 1.23. The number of nitrogens with zero attached hydrogens (tertiary/aromatic N) is 3. The quantitative estimate of drug-likeness (QED) is 0.437. The molecule has 10 heteroatoms. The van der Waals surface area contributed by atoms with Crippen molar-refractivity contribution in [1.82, 2.24) is 14.8 Å². The number of hydrogen-bond donors (Lipinski definition) is 1. The lowest BCUT2D eigenvalue weighted by molar-refractivity contribution is -0.113. The largest absolute Gasteiger partial charge is 0.469 e. The van der Waals surface area contributed by atoms with Crippen LogP contribution in [-0.4, -0.2) is 39.5 Å². The SMILES string of the molecule is COC(=O)c1cc(C)sc1NC(=O)CSc1nnc(-c2ccoc2C)n1C(C)C. The topological polar surface area (TPSA) is 99.2 Å². The maximum absolute atomic E-state index is 12.5. The molecule has 0 saturated heterocycles. The van der Waals surface area contributed by atoms with Gasteiger partial charge >= 0.3 is 5.97 Å². The molecule has 0 aromatic carbocycles. The van der Waals surface area contributed by atoms with Crippen LogP contribution >= 0.6 is 23.1 Å². The van der Waals surface area contributed by atoms with Gasteiger partial charge in [0.25, 0.3) is 0 Å². The van der Waals surface area contributed by atoms with E-state index in [9.17, 15) is 9.59 Å². The van der Waals surface area contributed by atoms with Gasteiger partial charge in [0.2, 0.25) is 5.91 Å². The smallest absolute Gasteiger partial charge is 0.340 e. The molecule has 0 aliphatic heterocycles. The number of ether oxygens (including phenoxy) is 1. The highest BCUT2D eigenvalue weighted by Crippen LogP contribution is 2.31. The average Bonchev–Trinajstić information content (AvgIpc) is 3.37. The number of amides is 1. The summed E-state index contributed by atoms with van der Waals surface area (Å²) in [6.07, 6.45) is 1.62. The van der Waals surface area contributed by atoms with Crippen molar-refractivity contribution in [2.24, 2.45) is 0 Å². The Morgan fingerprint density at radius 1 is 1.34 bits per heavy atom. The van der Waals surface area contributed by atoms with Gasteiger partial charge in [-0.05, 0) is 39.8 Å². The van der Waals surface area contributed by atoms with Gasteiger partial charge in [-0.3, -0.25) is 9.36 Å². The number of rotatable bonds is 7. The maximum atomic E-state index is 12.5. The predicted molar refractivity (Wildman–Crippen MR) is 113 cm³/mol. The molecule has 3 heterocycles. The molecule has 29 heavy (non-hydrogen) atoms. The van der Waals surface area contributed by atoms with E-state index >= 15 is 0 Å². The molecule has 0 spiro atoms. The zero-order chi connectivity index (χ0) is 21.1. The zero-order valence-electron chi connectivity index (χ0n) is 16.8. The highest BCUT2D eigenvalue weighted by molar-refractivity contribution is 7.99. The Bertz CT molecular complexity index is 1040. The van der Waals surface area contributed by atoms with Crippen molar-refractivity contribution in [3.05, 3.63) is 34.6 Å². The molecule has 0 unspecified atom stereocenters. The Hall–Kier alpha value is -2.59. The highest BCUT2D eigenvalue weighted by Gasteiger charge is 2.21. The molecule has 0 saturated carbocycles. The van der Waals surface area contributed by atoms with Crippen LogP contribution in [0, 0.1) is 13.8 Å². The Morgan fingerprint density at radius 3 is 2.72 bits per heavy atom. The lowest BCUT2D eigenvalue weighted by atomic mass is 10.2. The summed E-state index contributed by atoms with van der Waals surface area (Å²) in [5.74, 6) is 0.888. The second kappa shape index (κ2) is 8.83. The number of thioether (sulfide) groups is 1. The number of carbonyl (C=O) groups is 2. The Balaban J connectivity index is 1.74. The van der Waals surface area contributed by atoms with Gasteiger partial charge in [-0.1, -0.05) is 11.8 Å². The molecule has 3 aromatic heterocycles. The second-order valence-electron chi connectivity index (χ2n) is 6.59. The van der Waals surface area contributed by atoms with Crippen molar-refractivity contribution in [2.45, 2.75) is 38.9 Å². The van der Waals surface area contributed by atoms with E-state index in [2.05, 4.69) is 15.5 Å². The second-order valence-corrected chi connectivity index (χ2v) is 8.79. The predicted octanol–water partition coefficient (Wildman–Crippen LogP) is 4.31. The maximum Gasteiger partial charge on any atom is 0.340 e. The van der Waals surface area contributed by atoms with E-state index in [-0.39, 0.29) is 17.7 Å². The van der Waals surface area contributed by atoms with Crippen molar-refractivity contribution < 1.29 is 18.7 Å². The molecule has 0 aliphatic rings. The first-order valence-electron chi connectivity index (χ1n) is 8.92. The van der Waals surface area contributed by atoms with Crippen LogP contribution in [-0.2, 0) is 9.53 Å². The van der Waals surface area contributed by atoms with E-state index in [1.807, 2.05) is 38.3 Å². The Kier molecular flexibility index (Phi) is 6.43. The minimum atomic E-state index is -0.475. The summed E-state index contributed by atoms with van der Waals surface area (Å²) in [5, 5.41) is 12.5. The lowest BCUT2D eigenvalue weighted by Gasteiger charge is -2.13. The zero-order valence-corrected chi connectivity index (χ0v) is 18.4. The number of esters is 1. The van der Waals surface area contributed by atoms with Gasteiger partial charge in [-0.2, -0.15) is 0 Å². The van der Waals surface area contributed by atoms with Crippen LogP contribution in [0.25, 0.3) is 11.4 Å². The number of methoxy groups -OCH3 is 1. The molecule has 0 aliphatic carbocycles. The number of furan rings is 1. The van der Waals surface area contributed by atoms with Crippen LogP contribution in [0.1, 0.15) is 40.9 Å². The minimum absolute atomic E-state index is 0.103. The number of hydrogen-bond acceptors (Lipinski definition) is 8.